The van der Waals surface area contributed by atoms with Crippen LogP contribution in [0.3, 0.4) is 0 Å². The number of nitriles is 1. The third kappa shape index (κ3) is 6.51. The molecule has 0 aliphatic heterocycles. The molecule has 1 amide bonds. The van der Waals surface area contributed by atoms with Crippen molar-refractivity contribution in [1.29, 1.82) is 5.26 Å². The van der Waals surface area contributed by atoms with Gasteiger partial charge in [0.25, 0.3) is 5.91 Å². The third-order valence-corrected chi connectivity index (χ3v) is 6.76. The third-order valence-electron chi connectivity index (χ3n) is 5.67. The second kappa shape index (κ2) is 12.0. The van der Waals surface area contributed by atoms with Crippen LogP contribution in [0, 0.1) is 18.3 Å². The summed E-state index contributed by atoms with van der Waals surface area (Å²) in [5.41, 5.74) is 2.97. The molecule has 4 aromatic carbocycles. The quantitative estimate of drug-likeness (QED) is 0.170. The molecule has 37 heavy (non-hydrogen) atoms. The summed E-state index contributed by atoms with van der Waals surface area (Å²) in [5, 5.41) is 15.2. The molecular weight excluding hydrogens is 552 g/mol. The predicted molar refractivity (Wildman–Crippen MR) is 152 cm³/mol. The van der Waals surface area contributed by atoms with Crippen LogP contribution in [-0.2, 0) is 11.4 Å². The minimum Gasteiger partial charge on any atom is -0.490 e. The molecule has 7 heteroatoms. The molecule has 1 N–H and O–H groups in total. The van der Waals surface area contributed by atoms with Crippen molar-refractivity contribution in [3.63, 3.8) is 0 Å². The van der Waals surface area contributed by atoms with Crippen molar-refractivity contribution in [3.05, 3.63) is 105 Å². The number of benzene rings is 4. The van der Waals surface area contributed by atoms with Crippen LogP contribution in [0.4, 0.5) is 5.69 Å². The van der Waals surface area contributed by atoms with E-state index in [4.69, 9.17) is 21.1 Å². The van der Waals surface area contributed by atoms with Gasteiger partial charge in [0.1, 0.15) is 18.2 Å². The average Bonchev–Trinajstić information content (AvgIpc) is 2.89. The van der Waals surface area contributed by atoms with E-state index >= 15 is 0 Å². The summed E-state index contributed by atoms with van der Waals surface area (Å²) in [4.78, 5) is 12.8. The first-order valence-corrected chi connectivity index (χ1v) is 12.8. The van der Waals surface area contributed by atoms with Crippen LogP contribution in [0.15, 0.2) is 82.8 Å². The maximum atomic E-state index is 12.8. The molecule has 0 heterocycles. The first kappa shape index (κ1) is 26.3. The second-order valence-corrected chi connectivity index (χ2v) is 9.57. The Kier molecular flexibility index (Phi) is 8.50. The van der Waals surface area contributed by atoms with E-state index in [1.165, 1.54) is 11.5 Å². The van der Waals surface area contributed by atoms with E-state index in [2.05, 4.69) is 45.5 Å². The molecule has 0 unspecified atom stereocenters. The van der Waals surface area contributed by atoms with Gasteiger partial charge in [-0.3, -0.25) is 4.79 Å². The number of hydrogen-bond acceptors (Lipinski definition) is 4. The molecule has 0 saturated carbocycles. The highest BCUT2D eigenvalue weighted by Crippen LogP contribution is 2.36. The van der Waals surface area contributed by atoms with Gasteiger partial charge in [0, 0.05) is 15.2 Å². The van der Waals surface area contributed by atoms with Gasteiger partial charge < -0.3 is 14.8 Å². The lowest BCUT2D eigenvalue weighted by atomic mass is 10.1. The highest BCUT2D eigenvalue weighted by Gasteiger charge is 2.15. The molecule has 0 saturated heterocycles. The highest BCUT2D eigenvalue weighted by atomic mass is 79.9. The predicted octanol–water partition coefficient (Wildman–Crippen LogP) is 8.09. The molecule has 4 rings (SSSR count). The lowest BCUT2D eigenvalue weighted by Gasteiger charge is -2.14. The smallest absolute Gasteiger partial charge is 0.266 e. The first-order chi connectivity index (χ1) is 17.9. The van der Waals surface area contributed by atoms with Crippen LogP contribution in [0.2, 0.25) is 5.02 Å². The monoisotopic (exact) mass is 574 g/mol. The van der Waals surface area contributed by atoms with Gasteiger partial charge in [-0.15, -0.1) is 0 Å². The minimum atomic E-state index is -0.538. The van der Waals surface area contributed by atoms with Gasteiger partial charge in [-0.1, -0.05) is 70.0 Å². The zero-order chi connectivity index (χ0) is 26.4. The molecule has 186 valence electrons. The molecular formula is C30H24BrClN2O3. The van der Waals surface area contributed by atoms with Crippen molar-refractivity contribution >= 4 is 56.0 Å². The molecule has 4 aromatic rings. The maximum absolute atomic E-state index is 12.8. The number of ether oxygens (including phenoxy) is 2. The zero-order valence-electron chi connectivity index (χ0n) is 20.3. The van der Waals surface area contributed by atoms with Gasteiger partial charge in [-0.2, -0.15) is 5.26 Å². The Morgan fingerprint density at radius 2 is 1.78 bits per heavy atom. The van der Waals surface area contributed by atoms with Crippen LogP contribution in [0.25, 0.3) is 16.8 Å². The van der Waals surface area contributed by atoms with Crippen molar-refractivity contribution in [3.8, 4) is 17.6 Å². The fourth-order valence-electron chi connectivity index (χ4n) is 3.71. The number of aryl methyl sites for hydroxylation is 1. The van der Waals surface area contributed by atoms with E-state index in [0.717, 1.165) is 16.5 Å². The number of nitrogens with one attached hydrogen (secondary N) is 1. The number of rotatable bonds is 8. The first-order valence-electron chi connectivity index (χ1n) is 11.6. The van der Waals surface area contributed by atoms with Crippen molar-refractivity contribution in [2.45, 2.75) is 20.5 Å². The van der Waals surface area contributed by atoms with Crippen LogP contribution in [0.1, 0.15) is 23.6 Å². The summed E-state index contributed by atoms with van der Waals surface area (Å²) < 4.78 is 12.6. The summed E-state index contributed by atoms with van der Waals surface area (Å²) >= 11 is 9.69. The van der Waals surface area contributed by atoms with E-state index in [-0.39, 0.29) is 5.57 Å². The van der Waals surface area contributed by atoms with Crippen molar-refractivity contribution < 1.29 is 14.3 Å². The van der Waals surface area contributed by atoms with E-state index in [0.29, 0.717) is 45.5 Å². The number of carbonyl (C=O) groups is 1. The van der Waals surface area contributed by atoms with E-state index in [9.17, 15) is 10.1 Å². The molecule has 0 radical (unpaired) electrons. The summed E-state index contributed by atoms with van der Waals surface area (Å²) in [7, 11) is 0. The van der Waals surface area contributed by atoms with Crippen LogP contribution >= 0.6 is 27.5 Å². The zero-order valence-corrected chi connectivity index (χ0v) is 22.7. The van der Waals surface area contributed by atoms with Gasteiger partial charge in [0.2, 0.25) is 0 Å². The number of amides is 1. The van der Waals surface area contributed by atoms with Gasteiger partial charge in [-0.05, 0) is 77.7 Å². The Labute approximate surface area is 229 Å². The second-order valence-electron chi connectivity index (χ2n) is 8.31. The summed E-state index contributed by atoms with van der Waals surface area (Å²) in [6.45, 7) is 4.54. The summed E-state index contributed by atoms with van der Waals surface area (Å²) in [6.07, 6.45) is 1.50. The topological polar surface area (TPSA) is 71.3 Å². The molecule has 0 fully saturated rings. The highest BCUT2D eigenvalue weighted by molar-refractivity contribution is 9.10. The lowest BCUT2D eigenvalue weighted by Crippen LogP contribution is -2.13. The number of fused-ring (bicyclic) bond motifs is 1. The normalized spacial score (nSPS) is 11.2. The molecule has 0 atom stereocenters. The van der Waals surface area contributed by atoms with Crippen LogP contribution in [0.5, 0.6) is 11.5 Å². The Morgan fingerprint density at radius 1 is 1.03 bits per heavy atom. The van der Waals surface area contributed by atoms with E-state index in [1.54, 1.807) is 30.3 Å². The summed E-state index contributed by atoms with van der Waals surface area (Å²) in [6, 6.07) is 25.1. The number of anilines is 1. The fourth-order valence-corrected chi connectivity index (χ4v) is 4.32. The molecule has 0 aliphatic rings. The largest absolute Gasteiger partial charge is 0.490 e. The number of nitrogens with zero attached hydrogens (tertiary/aromatic N) is 1. The molecule has 0 aliphatic carbocycles. The average molecular weight is 576 g/mol. The number of carbonyl (C=O) groups excluding carboxylic acids is 1. The summed E-state index contributed by atoms with van der Waals surface area (Å²) in [5.74, 6) is 0.529. The van der Waals surface area contributed by atoms with E-state index < -0.39 is 5.91 Å². The maximum Gasteiger partial charge on any atom is 0.266 e. The van der Waals surface area contributed by atoms with Crippen molar-refractivity contribution in [2.24, 2.45) is 0 Å². The molecule has 0 bridgehead atoms. The Morgan fingerprint density at radius 3 is 2.51 bits per heavy atom. The van der Waals surface area contributed by atoms with Gasteiger partial charge in [0.15, 0.2) is 11.5 Å². The van der Waals surface area contributed by atoms with Crippen LogP contribution in [-0.4, -0.2) is 12.5 Å². The lowest BCUT2D eigenvalue weighted by molar-refractivity contribution is -0.112. The fraction of sp³-hybridized carbons (Fsp3) is 0.133. The van der Waals surface area contributed by atoms with Crippen molar-refractivity contribution in [1.82, 2.24) is 0 Å². The van der Waals surface area contributed by atoms with Crippen LogP contribution < -0.4 is 14.8 Å². The van der Waals surface area contributed by atoms with Gasteiger partial charge in [0.05, 0.1) is 6.61 Å². The Bertz CT molecular complexity index is 1540. The number of hydrogen-bond donors (Lipinski definition) is 1. The SMILES string of the molecule is CCOc1cc(/C=C(/C#N)C(=O)Nc2ccc(C)c(Cl)c2)c(Br)cc1OCc1ccc2ccccc2c1. The Hall–Kier alpha value is -3.79. The Balaban J connectivity index is 1.56. The molecule has 0 spiro atoms. The van der Waals surface area contributed by atoms with Gasteiger partial charge in [-0.25, -0.2) is 0 Å². The van der Waals surface area contributed by atoms with E-state index in [1.807, 2.05) is 38.1 Å². The van der Waals surface area contributed by atoms with Crippen molar-refractivity contribution in [2.75, 3.05) is 11.9 Å². The number of halogens is 2. The standard InChI is InChI=1S/C30H24BrClN2O3/c1-3-36-28-14-23(13-24(17-33)30(35)34-25-11-8-19(2)27(32)15-25)26(31)16-29(28)37-18-20-9-10-21-6-4-5-7-22(21)12-20/h4-16H,3,18H2,1-2H3,(H,34,35)/b24-13-. The minimum absolute atomic E-state index is 0.0651. The van der Waals surface area contributed by atoms with Gasteiger partial charge >= 0.3 is 0 Å². The molecule has 5 nitrogen and oxygen atoms in total. The molecule has 0 aromatic heterocycles.